The largest absolute Gasteiger partial charge is 0.478 e. The number of aromatic carboxylic acids is 1. The summed E-state index contributed by atoms with van der Waals surface area (Å²) in [5.74, 6) is -0.933. The van der Waals surface area contributed by atoms with Gasteiger partial charge in [-0.3, -0.25) is 0 Å². The molecule has 3 nitrogen and oxygen atoms in total. The number of carboxylic acid groups (broad SMARTS) is 1. The fourth-order valence-electron chi connectivity index (χ4n) is 2.15. The molecule has 22 heavy (non-hydrogen) atoms. The summed E-state index contributed by atoms with van der Waals surface area (Å²) in [7, 11) is 0. The second-order valence-corrected chi connectivity index (χ2v) is 5.18. The summed E-state index contributed by atoms with van der Waals surface area (Å²) >= 11 is 6.20. The lowest BCUT2D eigenvalue weighted by Crippen LogP contribution is -1.94. The van der Waals surface area contributed by atoms with E-state index in [1.54, 1.807) is 24.3 Å². The average Bonchev–Trinajstić information content (AvgIpc) is 2.53. The molecule has 0 saturated heterocycles. The SMILES string of the molecule is O=C(O)c1ccc(/C=C/c2cc3ccccc3nc2Cl)cc1. The Morgan fingerprint density at radius 2 is 1.77 bits per heavy atom. The van der Waals surface area contributed by atoms with Crippen LogP contribution in [0.2, 0.25) is 5.15 Å². The van der Waals surface area contributed by atoms with Gasteiger partial charge in [0.05, 0.1) is 11.1 Å². The topological polar surface area (TPSA) is 50.2 Å². The van der Waals surface area contributed by atoms with Gasteiger partial charge in [-0.1, -0.05) is 54.1 Å². The van der Waals surface area contributed by atoms with Crippen LogP contribution >= 0.6 is 11.6 Å². The summed E-state index contributed by atoms with van der Waals surface area (Å²) in [4.78, 5) is 15.2. The van der Waals surface area contributed by atoms with Gasteiger partial charge in [0, 0.05) is 10.9 Å². The second kappa shape index (κ2) is 6.00. The van der Waals surface area contributed by atoms with Gasteiger partial charge in [0.25, 0.3) is 0 Å². The molecule has 0 aliphatic rings. The molecule has 3 rings (SSSR count). The average molecular weight is 310 g/mol. The molecule has 1 N–H and O–H groups in total. The lowest BCUT2D eigenvalue weighted by Gasteiger charge is -2.02. The molecule has 0 atom stereocenters. The zero-order chi connectivity index (χ0) is 15.5. The number of rotatable bonds is 3. The van der Waals surface area contributed by atoms with E-state index in [0.717, 1.165) is 22.0 Å². The van der Waals surface area contributed by atoms with E-state index in [0.29, 0.717) is 5.15 Å². The summed E-state index contributed by atoms with van der Waals surface area (Å²) < 4.78 is 0. The van der Waals surface area contributed by atoms with Crippen LogP contribution in [0.4, 0.5) is 0 Å². The van der Waals surface area contributed by atoms with Gasteiger partial charge in [0.1, 0.15) is 5.15 Å². The Labute approximate surface area is 132 Å². The van der Waals surface area contributed by atoms with Crippen LogP contribution in [-0.2, 0) is 0 Å². The van der Waals surface area contributed by atoms with E-state index in [2.05, 4.69) is 4.98 Å². The van der Waals surface area contributed by atoms with Crippen molar-refractivity contribution in [3.05, 3.63) is 76.4 Å². The van der Waals surface area contributed by atoms with Crippen molar-refractivity contribution in [2.24, 2.45) is 0 Å². The third-order valence-corrected chi connectivity index (χ3v) is 3.62. The van der Waals surface area contributed by atoms with Crippen molar-refractivity contribution in [2.45, 2.75) is 0 Å². The van der Waals surface area contributed by atoms with Gasteiger partial charge in [-0.2, -0.15) is 0 Å². The highest BCUT2D eigenvalue weighted by atomic mass is 35.5. The Balaban J connectivity index is 1.91. The minimum atomic E-state index is -0.933. The maximum atomic E-state index is 10.8. The van der Waals surface area contributed by atoms with Crippen molar-refractivity contribution >= 4 is 40.6 Å². The van der Waals surface area contributed by atoms with Crippen molar-refractivity contribution in [2.75, 3.05) is 0 Å². The molecule has 1 aromatic heterocycles. The van der Waals surface area contributed by atoms with Crippen LogP contribution in [0.1, 0.15) is 21.5 Å². The van der Waals surface area contributed by atoms with Gasteiger partial charge in [0.2, 0.25) is 0 Å². The van der Waals surface area contributed by atoms with E-state index in [1.165, 1.54) is 0 Å². The van der Waals surface area contributed by atoms with E-state index in [-0.39, 0.29) is 5.56 Å². The molecule has 0 fully saturated rings. The van der Waals surface area contributed by atoms with E-state index in [4.69, 9.17) is 16.7 Å². The van der Waals surface area contributed by atoms with Crippen molar-refractivity contribution in [3.8, 4) is 0 Å². The Bertz CT molecular complexity index is 870. The van der Waals surface area contributed by atoms with Gasteiger partial charge in [-0.05, 0) is 29.8 Å². The molecule has 108 valence electrons. The predicted molar refractivity (Wildman–Crippen MR) is 89.1 cm³/mol. The molecule has 2 aromatic carbocycles. The number of fused-ring (bicyclic) bond motifs is 1. The number of carboxylic acids is 1. The molecule has 0 aliphatic heterocycles. The lowest BCUT2D eigenvalue weighted by atomic mass is 10.1. The summed E-state index contributed by atoms with van der Waals surface area (Å²) in [5, 5.41) is 10.3. The number of para-hydroxylation sites is 1. The number of hydrogen-bond donors (Lipinski definition) is 1. The molecular weight excluding hydrogens is 298 g/mol. The van der Waals surface area contributed by atoms with Gasteiger partial charge in [-0.25, -0.2) is 9.78 Å². The van der Waals surface area contributed by atoms with E-state index < -0.39 is 5.97 Å². The normalized spacial score (nSPS) is 11.1. The fourth-order valence-corrected chi connectivity index (χ4v) is 2.36. The Morgan fingerprint density at radius 1 is 1.05 bits per heavy atom. The highest BCUT2D eigenvalue weighted by Gasteiger charge is 2.03. The van der Waals surface area contributed by atoms with E-state index >= 15 is 0 Å². The van der Waals surface area contributed by atoms with Crippen molar-refractivity contribution in [1.29, 1.82) is 0 Å². The summed E-state index contributed by atoms with van der Waals surface area (Å²) in [6, 6.07) is 16.4. The quantitative estimate of drug-likeness (QED) is 0.710. The van der Waals surface area contributed by atoms with E-state index in [1.807, 2.05) is 42.5 Å². The molecule has 3 aromatic rings. The van der Waals surface area contributed by atoms with Crippen LogP contribution in [0.3, 0.4) is 0 Å². The molecule has 0 unspecified atom stereocenters. The van der Waals surface area contributed by atoms with Crippen LogP contribution in [0.25, 0.3) is 23.1 Å². The maximum Gasteiger partial charge on any atom is 0.335 e. The van der Waals surface area contributed by atoms with Gasteiger partial charge >= 0.3 is 5.97 Å². The second-order valence-electron chi connectivity index (χ2n) is 4.82. The smallest absolute Gasteiger partial charge is 0.335 e. The van der Waals surface area contributed by atoms with Crippen molar-refractivity contribution < 1.29 is 9.90 Å². The van der Waals surface area contributed by atoms with Crippen molar-refractivity contribution in [1.82, 2.24) is 4.98 Å². The minimum absolute atomic E-state index is 0.266. The van der Waals surface area contributed by atoms with Crippen LogP contribution in [0.15, 0.2) is 54.6 Å². The zero-order valence-corrected chi connectivity index (χ0v) is 12.3. The van der Waals surface area contributed by atoms with Gasteiger partial charge in [0.15, 0.2) is 0 Å². The lowest BCUT2D eigenvalue weighted by molar-refractivity contribution is 0.0697. The van der Waals surface area contributed by atoms with E-state index in [9.17, 15) is 4.79 Å². The molecule has 0 aliphatic carbocycles. The Hall–Kier alpha value is -2.65. The molecular formula is C18H12ClNO2. The third kappa shape index (κ3) is 3.00. The number of carbonyl (C=O) groups is 1. The van der Waals surface area contributed by atoms with Crippen LogP contribution in [0.5, 0.6) is 0 Å². The summed E-state index contributed by atoms with van der Waals surface area (Å²) in [5.41, 5.74) is 2.84. The first-order chi connectivity index (χ1) is 10.6. The number of hydrogen-bond acceptors (Lipinski definition) is 2. The number of benzene rings is 2. The number of halogens is 1. The first kappa shape index (κ1) is 14.3. The molecule has 4 heteroatoms. The molecule has 0 spiro atoms. The summed E-state index contributed by atoms with van der Waals surface area (Å²) in [6.45, 7) is 0. The van der Waals surface area contributed by atoms with Crippen molar-refractivity contribution in [3.63, 3.8) is 0 Å². The number of pyridine rings is 1. The molecule has 0 bridgehead atoms. The number of aromatic nitrogens is 1. The highest BCUT2D eigenvalue weighted by Crippen LogP contribution is 2.22. The van der Waals surface area contributed by atoms with Crippen LogP contribution in [0, 0.1) is 0 Å². The number of nitrogens with zero attached hydrogens (tertiary/aromatic N) is 1. The van der Waals surface area contributed by atoms with Gasteiger partial charge < -0.3 is 5.11 Å². The molecule has 1 heterocycles. The van der Waals surface area contributed by atoms with Crippen LogP contribution < -0.4 is 0 Å². The third-order valence-electron chi connectivity index (χ3n) is 3.32. The predicted octanol–water partition coefficient (Wildman–Crippen LogP) is 4.76. The standard InChI is InChI=1S/C18H12ClNO2/c19-17-15(11-14-3-1-2-4-16(14)20-17)10-7-12-5-8-13(9-6-12)18(21)22/h1-11H,(H,21,22)/b10-7+. The molecule has 0 amide bonds. The highest BCUT2D eigenvalue weighted by molar-refractivity contribution is 6.31. The first-order valence-electron chi connectivity index (χ1n) is 6.70. The zero-order valence-electron chi connectivity index (χ0n) is 11.5. The monoisotopic (exact) mass is 309 g/mol. The Kier molecular flexibility index (Phi) is 3.90. The molecule has 0 saturated carbocycles. The first-order valence-corrected chi connectivity index (χ1v) is 7.08. The molecule has 0 radical (unpaired) electrons. The fraction of sp³-hybridized carbons (Fsp3) is 0. The summed E-state index contributed by atoms with van der Waals surface area (Å²) in [6.07, 6.45) is 3.75. The Morgan fingerprint density at radius 3 is 2.50 bits per heavy atom. The van der Waals surface area contributed by atoms with Crippen LogP contribution in [-0.4, -0.2) is 16.1 Å². The maximum absolute atomic E-state index is 10.8. The van der Waals surface area contributed by atoms with Gasteiger partial charge in [-0.15, -0.1) is 0 Å². The minimum Gasteiger partial charge on any atom is -0.478 e.